The third-order valence-electron chi connectivity index (χ3n) is 6.54. The predicted octanol–water partition coefficient (Wildman–Crippen LogP) is 6.24. The quantitative estimate of drug-likeness (QED) is 0.477. The first-order valence-electron chi connectivity index (χ1n) is 11.8. The minimum atomic E-state index is -0.0464. The van der Waals surface area contributed by atoms with Gasteiger partial charge in [-0.1, -0.05) is 39.8 Å². The summed E-state index contributed by atoms with van der Waals surface area (Å²) in [5.74, 6) is 1.63. The van der Waals surface area contributed by atoms with Crippen molar-refractivity contribution in [3.63, 3.8) is 0 Å². The second kappa shape index (κ2) is 9.05. The zero-order valence-electron chi connectivity index (χ0n) is 20.7. The Hall–Kier alpha value is -3.08. The number of nitrogens with zero attached hydrogens (tertiary/aromatic N) is 3. The first-order valence-corrected chi connectivity index (χ1v) is 11.8. The van der Waals surface area contributed by atoms with Crippen molar-refractivity contribution in [2.75, 3.05) is 32.1 Å². The second-order valence-corrected chi connectivity index (χ2v) is 10.4. The monoisotopic (exact) mass is 445 g/mol. The van der Waals surface area contributed by atoms with E-state index < -0.39 is 0 Å². The molecule has 0 radical (unpaired) electrons. The number of oxazole rings is 1. The Kier molecular flexibility index (Phi) is 6.33. The Morgan fingerprint density at radius 3 is 2.09 bits per heavy atom. The van der Waals surface area contributed by atoms with E-state index in [1.54, 1.807) is 0 Å². The van der Waals surface area contributed by atoms with Gasteiger partial charge in [0.1, 0.15) is 0 Å². The standard InChI is InChI=1S/C28H35N3O2/c1-19-15-17-31(18-16-19)27(32)24-25(20-9-13-23(14-10-20)30(5)6)33-26(29-24)21-7-11-22(12-8-21)28(2,3)4/h7-14,19H,15-18H2,1-6H3. The summed E-state index contributed by atoms with van der Waals surface area (Å²) >= 11 is 0. The number of hydrogen-bond acceptors (Lipinski definition) is 4. The van der Waals surface area contributed by atoms with E-state index in [-0.39, 0.29) is 11.3 Å². The van der Waals surface area contributed by atoms with Gasteiger partial charge in [0, 0.05) is 44.0 Å². The van der Waals surface area contributed by atoms with E-state index in [9.17, 15) is 4.79 Å². The van der Waals surface area contributed by atoms with Crippen molar-refractivity contribution in [3.05, 3.63) is 59.8 Å². The second-order valence-electron chi connectivity index (χ2n) is 10.4. The van der Waals surface area contributed by atoms with Crippen molar-refractivity contribution in [3.8, 4) is 22.8 Å². The van der Waals surface area contributed by atoms with E-state index in [0.717, 1.165) is 42.7 Å². The molecule has 0 unspecified atom stereocenters. The Labute approximate surface area is 197 Å². The molecular weight excluding hydrogens is 410 g/mol. The highest BCUT2D eigenvalue weighted by molar-refractivity contribution is 5.98. The van der Waals surface area contributed by atoms with E-state index in [1.807, 2.05) is 60.3 Å². The number of benzene rings is 2. The van der Waals surface area contributed by atoms with Crippen LogP contribution in [0.4, 0.5) is 5.69 Å². The van der Waals surface area contributed by atoms with Crippen LogP contribution in [0.3, 0.4) is 0 Å². The number of rotatable bonds is 4. The van der Waals surface area contributed by atoms with E-state index in [2.05, 4.69) is 39.8 Å². The summed E-state index contributed by atoms with van der Waals surface area (Å²) in [7, 11) is 4.02. The van der Waals surface area contributed by atoms with Gasteiger partial charge in [-0.3, -0.25) is 4.79 Å². The summed E-state index contributed by atoms with van der Waals surface area (Å²) in [5, 5.41) is 0. The third-order valence-corrected chi connectivity index (χ3v) is 6.54. The number of carbonyl (C=O) groups is 1. The van der Waals surface area contributed by atoms with Crippen LogP contribution < -0.4 is 4.90 Å². The summed E-state index contributed by atoms with van der Waals surface area (Å²) in [6.45, 7) is 10.4. The van der Waals surface area contributed by atoms with Crippen LogP contribution >= 0.6 is 0 Å². The molecule has 1 saturated heterocycles. The van der Waals surface area contributed by atoms with Crippen LogP contribution in [0.5, 0.6) is 0 Å². The number of hydrogen-bond donors (Lipinski definition) is 0. The van der Waals surface area contributed by atoms with Crippen molar-refractivity contribution in [2.45, 2.75) is 46.0 Å². The zero-order chi connectivity index (χ0) is 23.8. The van der Waals surface area contributed by atoms with Gasteiger partial charge in [-0.25, -0.2) is 4.98 Å². The summed E-state index contributed by atoms with van der Waals surface area (Å²) in [4.78, 5) is 22.2. The molecule has 4 rings (SSSR count). The van der Waals surface area contributed by atoms with Gasteiger partial charge in [0.2, 0.25) is 5.89 Å². The van der Waals surface area contributed by atoms with E-state index in [1.165, 1.54) is 5.56 Å². The Morgan fingerprint density at radius 2 is 1.55 bits per heavy atom. The highest BCUT2D eigenvalue weighted by Gasteiger charge is 2.28. The molecule has 0 saturated carbocycles. The fourth-order valence-electron chi connectivity index (χ4n) is 4.17. The fourth-order valence-corrected chi connectivity index (χ4v) is 4.17. The minimum absolute atomic E-state index is 0.0464. The number of anilines is 1. The van der Waals surface area contributed by atoms with Gasteiger partial charge in [0.05, 0.1) is 0 Å². The molecular formula is C28H35N3O2. The molecule has 1 aromatic heterocycles. The molecule has 1 aliphatic rings. The lowest BCUT2D eigenvalue weighted by Crippen LogP contribution is -2.38. The molecule has 2 aromatic carbocycles. The molecule has 5 heteroatoms. The SMILES string of the molecule is CC1CCN(C(=O)c2nc(-c3ccc(C(C)(C)C)cc3)oc2-c2ccc(N(C)C)cc2)CC1. The molecule has 5 nitrogen and oxygen atoms in total. The van der Waals surface area contributed by atoms with Crippen molar-refractivity contribution in [2.24, 2.45) is 5.92 Å². The highest BCUT2D eigenvalue weighted by atomic mass is 16.4. The van der Waals surface area contributed by atoms with E-state index >= 15 is 0 Å². The summed E-state index contributed by atoms with van der Waals surface area (Å²) in [5.41, 5.74) is 4.54. The van der Waals surface area contributed by atoms with Crippen LogP contribution in [-0.4, -0.2) is 43.0 Å². The maximum absolute atomic E-state index is 13.5. The number of likely N-dealkylation sites (tertiary alicyclic amines) is 1. The van der Waals surface area contributed by atoms with Gasteiger partial charge < -0.3 is 14.2 Å². The zero-order valence-corrected chi connectivity index (χ0v) is 20.7. The van der Waals surface area contributed by atoms with Gasteiger partial charge in [0.25, 0.3) is 5.91 Å². The van der Waals surface area contributed by atoms with Gasteiger partial charge in [-0.2, -0.15) is 0 Å². The molecule has 0 aliphatic carbocycles. The van der Waals surface area contributed by atoms with Crippen LogP contribution in [-0.2, 0) is 5.41 Å². The first kappa shape index (κ1) is 23.1. The van der Waals surface area contributed by atoms with Crippen LogP contribution in [0.1, 0.15) is 56.6 Å². The predicted molar refractivity (Wildman–Crippen MR) is 135 cm³/mol. The normalized spacial score (nSPS) is 15.0. The lowest BCUT2D eigenvalue weighted by atomic mass is 9.87. The Bertz CT molecular complexity index is 1100. The number of amides is 1. The molecule has 33 heavy (non-hydrogen) atoms. The molecule has 3 aromatic rings. The average Bonchev–Trinajstić information content (AvgIpc) is 3.24. The van der Waals surface area contributed by atoms with Crippen molar-refractivity contribution in [1.29, 1.82) is 0 Å². The van der Waals surface area contributed by atoms with Crippen molar-refractivity contribution in [1.82, 2.24) is 9.88 Å². The lowest BCUT2D eigenvalue weighted by Gasteiger charge is -2.29. The van der Waals surface area contributed by atoms with E-state index in [0.29, 0.717) is 23.3 Å². The smallest absolute Gasteiger partial charge is 0.276 e. The average molecular weight is 446 g/mol. The Balaban J connectivity index is 1.73. The topological polar surface area (TPSA) is 49.6 Å². The van der Waals surface area contributed by atoms with Gasteiger partial charge in [0.15, 0.2) is 11.5 Å². The van der Waals surface area contributed by atoms with Gasteiger partial charge >= 0.3 is 0 Å². The maximum Gasteiger partial charge on any atom is 0.276 e. The van der Waals surface area contributed by atoms with Crippen molar-refractivity contribution < 1.29 is 9.21 Å². The van der Waals surface area contributed by atoms with Crippen LogP contribution in [0.2, 0.25) is 0 Å². The molecule has 1 amide bonds. The molecule has 2 heterocycles. The maximum atomic E-state index is 13.5. The third kappa shape index (κ3) is 4.97. The van der Waals surface area contributed by atoms with Gasteiger partial charge in [-0.15, -0.1) is 0 Å². The summed E-state index contributed by atoms with van der Waals surface area (Å²) in [6.07, 6.45) is 2.05. The van der Waals surface area contributed by atoms with Crippen LogP contribution in [0, 0.1) is 5.92 Å². The minimum Gasteiger partial charge on any atom is -0.435 e. The van der Waals surface area contributed by atoms with Gasteiger partial charge in [-0.05, 0) is 66.1 Å². The molecule has 0 atom stereocenters. The summed E-state index contributed by atoms with van der Waals surface area (Å²) < 4.78 is 6.27. The molecule has 0 N–H and O–H groups in total. The van der Waals surface area contributed by atoms with E-state index in [4.69, 9.17) is 9.40 Å². The number of piperidine rings is 1. The summed E-state index contributed by atoms with van der Waals surface area (Å²) in [6, 6.07) is 16.3. The molecule has 1 fully saturated rings. The molecule has 0 spiro atoms. The lowest BCUT2D eigenvalue weighted by molar-refractivity contribution is 0.0692. The fraction of sp³-hybridized carbons (Fsp3) is 0.429. The Morgan fingerprint density at radius 1 is 0.970 bits per heavy atom. The molecule has 0 bridgehead atoms. The van der Waals surface area contributed by atoms with Crippen LogP contribution in [0.15, 0.2) is 52.9 Å². The van der Waals surface area contributed by atoms with Crippen molar-refractivity contribution >= 4 is 11.6 Å². The largest absolute Gasteiger partial charge is 0.435 e. The number of aromatic nitrogens is 1. The van der Waals surface area contributed by atoms with Crippen LogP contribution in [0.25, 0.3) is 22.8 Å². The highest BCUT2D eigenvalue weighted by Crippen LogP contribution is 2.33. The molecule has 174 valence electrons. The number of carbonyl (C=O) groups excluding carboxylic acids is 1. The molecule has 1 aliphatic heterocycles. The first-order chi connectivity index (χ1) is 15.6.